The Morgan fingerprint density at radius 3 is 2.52 bits per heavy atom. The van der Waals surface area contributed by atoms with Crippen molar-refractivity contribution in [1.29, 1.82) is 0 Å². The smallest absolute Gasteiger partial charge is 0.418 e. The van der Waals surface area contributed by atoms with Crippen LogP contribution in [0.1, 0.15) is 59.7 Å². The van der Waals surface area contributed by atoms with E-state index in [0.29, 0.717) is 11.3 Å². The molecule has 29 heavy (non-hydrogen) atoms. The van der Waals surface area contributed by atoms with Gasteiger partial charge in [-0.1, -0.05) is 19.3 Å². The minimum Gasteiger partial charge on any atom is -0.449 e. The van der Waals surface area contributed by atoms with E-state index in [2.05, 4.69) is 5.32 Å². The predicted molar refractivity (Wildman–Crippen MR) is 106 cm³/mol. The number of nitrogens with two attached hydrogens (primary N) is 1. The highest BCUT2D eigenvalue weighted by Gasteiger charge is 2.40. The van der Waals surface area contributed by atoms with E-state index >= 15 is 0 Å². The summed E-state index contributed by atoms with van der Waals surface area (Å²) in [5.41, 5.74) is 6.38. The summed E-state index contributed by atoms with van der Waals surface area (Å²) in [6, 6.07) is 3.76. The number of ether oxygens (including phenoxy) is 1. The van der Waals surface area contributed by atoms with Crippen LogP contribution in [0.4, 0.5) is 15.3 Å². The molecule has 3 N–H and O–H groups in total. The SMILES string of the molecule is CCOC(=O)N(CCN)C(=O)Nc1ccc2c(c1)C(=O)N(C1CCCCC1)C2=O. The highest BCUT2D eigenvalue weighted by molar-refractivity contribution is 6.22. The van der Waals surface area contributed by atoms with Gasteiger partial charge in [0.1, 0.15) is 0 Å². The van der Waals surface area contributed by atoms with E-state index < -0.39 is 12.1 Å². The topological polar surface area (TPSA) is 122 Å². The van der Waals surface area contributed by atoms with Gasteiger partial charge in [0.2, 0.25) is 0 Å². The van der Waals surface area contributed by atoms with E-state index in [9.17, 15) is 19.2 Å². The lowest BCUT2D eigenvalue weighted by molar-refractivity contribution is 0.0548. The molecule has 1 aromatic rings. The molecular formula is C20H26N4O5. The molecule has 9 heteroatoms. The largest absolute Gasteiger partial charge is 0.449 e. The lowest BCUT2D eigenvalue weighted by atomic mass is 9.94. The van der Waals surface area contributed by atoms with Crippen LogP contribution in [0.2, 0.25) is 0 Å². The third-order valence-corrected chi connectivity index (χ3v) is 5.20. The second-order valence-electron chi connectivity index (χ2n) is 7.10. The summed E-state index contributed by atoms with van der Waals surface area (Å²) in [5, 5.41) is 2.57. The van der Waals surface area contributed by atoms with Crippen LogP contribution in [0.25, 0.3) is 0 Å². The number of rotatable bonds is 5. The first kappa shape index (κ1) is 20.8. The molecule has 1 heterocycles. The first-order chi connectivity index (χ1) is 14.0. The molecular weight excluding hydrogens is 376 g/mol. The average molecular weight is 402 g/mol. The first-order valence-electron chi connectivity index (χ1n) is 9.95. The molecule has 0 unspecified atom stereocenters. The molecule has 0 radical (unpaired) electrons. The highest BCUT2D eigenvalue weighted by Crippen LogP contribution is 2.32. The molecule has 1 aromatic carbocycles. The molecule has 0 bridgehead atoms. The second kappa shape index (κ2) is 9.04. The maximum absolute atomic E-state index is 12.9. The van der Waals surface area contributed by atoms with Crippen molar-refractivity contribution < 1.29 is 23.9 Å². The van der Waals surface area contributed by atoms with Gasteiger partial charge in [0.15, 0.2) is 0 Å². The van der Waals surface area contributed by atoms with Crippen LogP contribution in [0, 0.1) is 0 Å². The summed E-state index contributed by atoms with van der Waals surface area (Å²) in [5.74, 6) is -0.622. The number of nitrogens with one attached hydrogen (secondary N) is 1. The van der Waals surface area contributed by atoms with Gasteiger partial charge in [-0.15, -0.1) is 0 Å². The van der Waals surface area contributed by atoms with Crippen molar-refractivity contribution >= 4 is 29.6 Å². The van der Waals surface area contributed by atoms with Gasteiger partial charge in [-0.3, -0.25) is 14.5 Å². The second-order valence-corrected chi connectivity index (χ2v) is 7.10. The quantitative estimate of drug-likeness (QED) is 0.730. The summed E-state index contributed by atoms with van der Waals surface area (Å²) in [4.78, 5) is 52.2. The Kier molecular flexibility index (Phi) is 6.48. The summed E-state index contributed by atoms with van der Waals surface area (Å²) in [6.07, 6.45) is 3.97. The third kappa shape index (κ3) is 4.24. The van der Waals surface area contributed by atoms with E-state index in [1.54, 1.807) is 6.92 Å². The molecule has 0 atom stereocenters. The average Bonchev–Trinajstić information content (AvgIpc) is 2.96. The molecule has 1 saturated carbocycles. The fourth-order valence-corrected chi connectivity index (χ4v) is 3.81. The molecule has 1 aliphatic heterocycles. The number of amides is 5. The van der Waals surface area contributed by atoms with E-state index in [1.165, 1.54) is 23.1 Å². The number of carbonyl (C=O) groups excluding carboxylic acids is 4. The standard InChI is InChI=1S/C20H26N4O5/c1-2-29-20(28)23(11-10-21)19(27)22-13-8-9-15-16(12-13)18(26)24(17(15)25)14-6-4-3-5-7-14/h8-9,12,14H,2-7,10-11,21H2,1H3,(H,22,27). The van der Waals surface area contributed by atoms with Crippen LogP contribution in [0.15, 0.2) is 18.2 Å². The summed E-state index contributed by atoms with van der Waals surface area (Å²) in [7, 11) is 0. The van der Waals surface area contributed by atoms with Crippen molar-refractivity contribution in [2.75, 3.05) is 25.0 Å². The zero-order valence-corrected chi connectivity index (χ0v) is 16.5. The number of nitrogens with zero attached hydrogens (tertiary/aromatic N) is 2. The molecule has 0 aromatic heterocycles. The predicted octanol–water partition coefficient (Wildman–Crippen LogP) is 2.56. The molecule has 3 rings (SSSR count). The molecule has 0 saturated heterocycles. The molecule has 156 valence electrons. The molecule has 0 spiro atoms. The van der Waals surface area contributed by atoms with E-state index in [0.717, 1.165) is 37.0 Å². The van der Waals surface area contributed by atoms with Crippen molar-refractivity contribution in [3.05, 3.63) is 29.3 Å². The van der Waals surface area contributed by atoms with Crippen LogP contribution in [-0.2, 0) is 4.74 Å². The fourth-order valence-electron chi connectivity index (χ4n) is 3.81. The van der Waals surface area contributed by atoms with Crippen molar-refractivity contribution in [2.45, 2.75) is 45.1 Å². The number of urea groups is 1. The molecule has 5 amide bonds. The molecule has 1 fully saturated rings. The lowest BCUT2D eigenvalue weighted by Gasteiger charge is -2.29. The van der Waals surface area contributed by atoms with Crippen molar-refractivity contribution in [3.63, 3.8) is 0 Å². The maximum Gasteiger partial charge on any atom is 0.418 e. The van der Waals surface area contributed by atoms with Gasteiger partial charge in [0.25, 0.3) is 11.8 Å². The molecule has 2 aliphatic rings. The van der Waals surface area contributed by atoms with Crippen molar-refractivity contribution in [2.24, 2.45) is 5.73 Å². The zero-order valence-electron chi connectivity index (χ0n) is 16.5. The minimum atomic E-state index is -0.800. The number of hydrogen-bond donors (Lipinski definition) is 2. The van der Waals surface area contributed by atoms with Crippen LogP contribution < -0.4 is 11.1 Å². The summed E-state index contributed by atoms with van der Waals surface area (Å²) < 4.78 is 4.87. The molecule has 9 nitrogen and oxygen atoms in total. The van der Waals surface area contributed by atoms with Crippen LogP contribution in [0.3, 0.4) is 0 Å². The van der Waals surface area contributed by atoms with Crippen molar-refractivity contribution in [1.82, 2.24) is 9.80 Å². The minimum absolute atomic E-state index is 0.0114. The summed E-state index contributed by atoms with van der Waals surface area (Å²) >= 11 is 0. The first-order valence-corrected chi connectivity index (χ1v) is 9.95. The van der Waals surface area contributed by atoms with Gasteiger partial charge >= 0.3 is 12.1 Å². The van der Waals surface area contributed by atoms with E-state index in [-0.39, 0.29) is 43.1 Å². The van der Waals surface area contributed by atoms with Crippen LogP contribution in [0.5, 0.6) is 0 Å². The van der Waals surface area contributed by atoms with Gasteiger partial charge in [-0.05, 0) is 38.0 Å². The van der Waals surface area contributed by atoms with E-state index in [1.807, 2.05) is 0 Å². The number of anilines is 1. The normalized spacial score (nSPS) is 16.6. The number of imide groups is 2. The lowest BCUT2D eigenvalue weighted by Crippen LogP contribution is -2.43. The monoisotopic (exact) mass is 402 g/mol. The number of carbonyl (C=O) groups is 4. The van der Waals surface area contributed by atoms with Gasteiger partial charge in [0.05, 0.1) is 17.7 Å². The Hall–Kier alpha value is -2.94. The summed E-state index contributed by atoms with van der Waals surface area (Å²) in [6.45, 7) is 1.83. The van der Waals surface area contributed by atoms with Crippen LogP contribution in [-0.4, -0.2) is 59.5 Å². The van der Waals surface area contributed by atoms with Crippen molar-refractivity contribution in [3.8, 4) is 0 Å². The molecule has 1 aliphatic carbocycles. The Morgan fingerprint density at radius 1 is 1.17 bits per heavy atom. The van der Waals surface area contributed by atoms with Gasteiger partial charge in [0, 0.05) is 24.8 Å². The number of hydrogen-bond acceptors (Lipinski definition) is 6. The Balaban J connectivity index is 1.77. The maximum atomic E-state index is 12.9. The van der Waals surface area contributed by atoms with E-state index in [4.69, 9.17) is 10.5 Å². The Labute approximate surface area is 169 Å². The number of fused-ring (bicyclic) bond motifs is 1. The highest BCUT2D eigenvalue weighted by atomic mass is 16.6. The van der Waals surface area contributed by atoms with Gasteiger partial charge in [-0.25, -0.2) is 14.5 Å². The number of benzene rings is 1. The van der Waals surface area contributed by atoms with Gasteiger partial charge in [-0.2, -0.15) is 0 Å². The fraction of sp³-hybridized carbons (Fsp3) is 0.500. The third-order valence-electron chi connectivity index (χ3n) is 5.20. The van der Waals surface area contributed by atoms with Crippen LogP contribution >= 0.6 is 0 Å². The zero-order chi connectivity index (χ0) is 21.0. The Bertz CT molecular complexity index is 819. The van der Waals surface area contributed by atoms with Gasteiger partial charge < -0.3 is 15.8 Å². The Morgan fingerprint density at radius 2 is 1.86 bits per heavy atom.